The van der Waals surface area contributed by atoms with E-state index in [4.69, 9.17) is 0 Å². The van der Waals surface area contributed by atoms with E-state index in [0.29, 0.717) is 5.92 Å². The van der Waals surface area contributed by atoms with Gasteiger partial charge < -0.3 is 0 Å². The van der Waals surface area contributed by atoms with Crippen LogP contribution in [0.15, 0.2) is 30.3 Å². The maximum Gasteiger partial charge on any atom is -0.0162 e. The molecule has 1 atom stereocenters. The van der Waals surface area contributed by atoms with E-state index in [9.17, 15) is 0 Å². The fraction of sp³-hybridized carbons (Fsp3) is 0.562. The topological polar surface area (TPSA) is 0 Å². The summed E-state index contributed by atoms with van der Waals surface area (Å²) in [6.07, 6.45) is 9.93. The smallest absolute Gasteiger partial charge is 0.0162 e. The minimum Gasteiger partial charge on any atom is -0.0622 e. The molecule has 16 heavy (non-hydrogen) atoms. The standard InChI is InChI=1S/C16H23/c1-14(16-10-6-3-7-11-16)12-13-15-8-4-2-5-9-15/h3,6-7,10-11,14-15H,1-2,4-5,8-9,12-13H2/t14-/m0/s1. The van der Waals surface area contributed by atoms with E-state index in [-0.39, 0.29) is 0 Å². The summed E-state index contributed by atoms with van der Waals surface area (Å²) < 4.78 is 0. The Labute approximate surface area is 100 Å². The summed E-state index contributed by atoms with van der Waals surface area (Å²) in [6.45, 7) is 4.29. The number of hydrogen-bond donors (Lipinski definition) is 0. The maximum atomic E-state index is 4.29. The summed E-state index contributed by atoms with van der Waals surface area (Å²) >= 11 is 0. The highest BCUT2D eigenvalue weighted by Gasteiger charge is 2.14. The normalized spacial score (nSPS) is 19.6. The van der Waals surface area contributed by atoms with E-state index in [1.165, 1.54) is 50.5 Å². The van der Waals surface area contributed by atoms with Crippen LogP contribution in [0, 0.1) is 12.8 Å². The molecule has 1 aromatic rings. The zero-order chi connectivity index (χ0) is 11.2. The maximum absolute atomic E-state index is 4.29. The van der Waals surface area contributed by atoms with Gasteiger partial charge in [-0.25, -0.2) is 0 Å². The lowest BCUT2D eigenvalue weighted by Gasteiger charge is -2.23. The molecule has 87 valence electrons. The van der Waals surface area contributed by atoms with Crippen molar-refractivity contribution in [2.45, 2.75) is 50.9 Å². The predicted molar refractivity (Wildman–Crippen MR) is 70.3 cm³/mol. The van der Waals surface area contributed by atoms with Crippen molar-refractivity contribution < 1.29 is 0 Å². The van der Waals surface area contributed by atoms with Gasteiger partial charge in [-0.1, -0.05) is 62.4 Å². The first kappa shape index (κ1) is 11.7. The van der Waals surface area contributed by atoms with Gasteiger partial charge in [0.2, 0.25) is 0 Å². The molecule has 1 aromatic carbocycles. The van der Waals surface area contributed by atoms with E-state index in [1.807, 2.05) is 0 Å². The van der Waals surface area contributed by atoms with Gasteiger partial charge in [-0.15, -0.1) is 0 Å². The van der Waals surface area contributed by atoms with E-state index < -0.39 is 0 Å². The molecule has 0 aliphatic heterocycles. The fourth-order valence-corrected chi connectivity index (χ4v) is 2.80. The average molecular weight is 215 g/mol. The molecular formula is C16H23. The first-order valence-electron chi connectivity index (χ1n) is 6.74. The van der Waals surface area contributed by atoms with Gasteiger partial charge in [0, 0.05) is 0 Å². The first-order chi connectivity index (χ1) is 7.86. The third-order valence-electron chi connectivity index (χ3n) is 3.92. The zero-order valence-corrected chi connectivity index (χ0v) is 10.2. The summed E-state index contributed by atoms with van der Waals surface area (Å²) in [6, 6.07) is 10.7. The lowest BCUT2D eigenvalue weighted by atomic mass is 9.83. The molecule has 0 spiro atoms. The van der Waals surface area contributed by atoms with Crippen molar-refractivity contribution in [1.29, 1.82) is 0 Å². The highest BCUT2D eigenvalue weighted by atomic mass is 14.2. The third-order valence-corrected chi connectivity index (χ3v) is 3.92. The lowest BCUT2D eigenvalue weighted by molar-refractivity contribution is 0.328. The Kier molecular flexibility index (Phi) is 4.44. The summed E-state index contributed by atoms with van der Waals surface area (Å²) in [4.78, 5) is 0. The number of hydrogen-bond acceptors (Lipinski definition) is 0. The molecule has 0 N–H and O–H groups in total. The lowest BCUT2D eigenvalue weighted by Crippen LogP contribution is -2.07. The third kappa shape index (κ3) is 3.37. The van der Waals surface area contributed by atoms with Crippen molar-refractivity contribution in [3.63, 3.8) is 0 Å². The minimum absolute atomic E-state index is 0.489. The van der Waals surface area contributed by atoms with Crippen LogP contribution in [0.2, 0.25) is 0 Å². The summed E-state index contributed by atoms with van der Waals surface area (Å²) in [5, 5.41) is 0. The van der Waals surface area contributed by atoms with Gasteiger partial charge >= 0.3 is 0 Å². The minimum atomic E-state index is 0.489. The quantitative estimate of drug-likeness (QED) is 0.665. The number of rotatable bonds is 4. The van der Waals surface area contributed by atoms with Gasteiger partial charge in [0.05, 0.1) is 0 Å². The van der Waals surface area contributed by atoms with Crippen LogP contribution in [-0.2, 0) is 0 Å². The molecule has 0 nitrogen and oxygen atoms in total. The van der Waals surface area contributed by atoms with Gasteiger partial charge in [0.1, 0.15) is 0 Å². The molecule has 1 radical (unpaired) electrons. The Morgan fingerprint density at radius 2 is 1.75 bits per heavy atom. The SMILES string of the molecule is [CH2][C@@H](CCC1CCCCC1)c1ccccc1. The molecule has 0 amide bonds. The average Bonchev–Trinajstić information content (AvgIpc) is 2.38. The van der Waals surface area contributed by atoms with Crippen molar-refractivity contribution >= 4 is 0 Å². The second kappa shape index (κ2) is 6.08. The van der Waals surface area contributed by atoms with Gasteiger partial charge in [-0.05, 0) is 37.2 Å². The molecule has 1 aliphatic carbocycles. The first-order valence-corrected chi connectivity index (χ1v) is 6.74. The van der Waals surface area contributed by atoms with Crippen LogP contribution in [0.25, 0.3) is 0 Å². The van der Waals surface area contributed by atoms with Crippen molar-refractivity contribution in [3.05, 3.63) is 42.8 Å². The summed E-state index contributed by atoms with van der Waals surface area (Å²) in [5.41, 5.74) is 1.40. The summed E-state index contributed by atoms with van der Waals surface area (Å²) in [7, 11) is 0. The highest BCUT2D eigenvalue weighted by molar-refractivity contribution is 5.20. The van der Waals surface area contributed by atoms with E-state index in [0.717, 1.165) is 5.92 Å². The Balaban J connectivity index is 1.77. The Morgan fingerprint density at radius 3 is 2.44 bits per heavy atom. The molecule has 1 aliphatic rings. The van der Waals surface area contributed by atoms with Gasteiger partial charge in [0.25, 0.3) is 0 Å². The fourth-order valence-electron chi connectivity index (χ4n) is 2.80. The van der Waals surface area contributed by atoms with Crippen molar-refractivity contribution in [1.82, 2.24) is 0 Å². The number of benzene rings is 1. The van der Waals surface area contributed by atoms with Gasteiger partial charge in [-0.2, -0.15) is 0 Å². The molecule has 0 heteroatoms. The Hall–Kier alpha value is -0.780. The second-order valence-electron chi connectivity index (χ2n) is 5.19. The van der Waals surface area contributed by atoms with E-state index in [2.05, 4.69) is 37.3 Å². The van der Waals surface area contributed by atoms with Crippen molar-refractivity contribution in [3.8, 4) is 0 Å². The van der Waals surface area contributed by atoms with Crippen molar-refractivity contribution in [2.75, 3.05) is 0 Å². The monoisotopic (exact) mass is 215 g/mol. The molecule has 1 saturated carbocycles. The molecule has 0 aromatic heterocycles. The van der Waals surface area contributed by atoms with Gasteiger partial charge in [-0.3, -0.25) is 0 Å². The van der Waals surface area contributed by atoms with Crippen LogP contribution in [0.3, 0.4) is 0 Å². The van der Waals surface area contributed by atoms with E-state index >= 15 is 0 Å². The molecule has 1 fully saturated rings. The Morgan fingerprint density at radius 1 is 1.06 bits per heavy atom. The van der Waals surface area contributed by atoms with Crippen LogP contribution >= 0.6 is 0 Å². The second-order valence-corrected chi connectivity index (χ2v) is 5.19. The predicted octanol–water partition coefficient (Wildman–Crippen LogP) is 4.96. The van der Waals surface area contributed by atoms with Crippen LogP contribution in [0.1, 0.15) is 56.4 Å². The highest BCUT2D eigenvalue weighted by Crippen LogP contribution is 2.30. The largest absolute Gasteiger partial charge is 0.0622 e. The zero-order valence-electron chi connectivity index (χ0n) is 10.2. The van der Waals surface area contributed by atoms with Gasteiger partial charge in [0.15, 0.2) is 0 Å². The molecular weight excluding hydrogens is 192 g/mol. The molecule has 0 heterocycles. The molecule has 0 bridgehead atoms. The van der Waals surface area contributed by atoms with E-state index in [1.54, 1.807) is 0 Å². The van der Waals surface area contributed by atoms with Crippen molar-refractivity contribution in [2.24, 2.45) is 5.92 Å². The van der Waals surface area contributed by atoms with Crippen LogP contribution in [0.5, 0.6) is 0 Å². The summed E-state index contributed by atoms with van der Waals surface area (Å²) in [5.74, 6) is 1.48. The van der Waals surface area contributed by atoms with Crippen LogP contribution in [-0.4, -0.2) is 0 Å². The molecule has 2 rings (SSSR count). The van der Waals surface area contributed by atoms with Crippen LogP contribution < -0.4 is 0 Å². The molecule has 0 unspecified atom stereocenters. The Bertz CT molecular complexity index is 282. The van der Waals surface area contributed by atoms with Crippen LogP contribution in [0.4, 0.5) is 0 Å². The molecule has 0 saturated heterocycles.